The Balaban J connectivity index is 1.82. The minimum Gasteiger partial charge on any atom is -0.478 e. The Kier molecular flexibility index (Phi) is 3.33. The molecule has 0 saturated heterocycles. The third-order valence-electron chi connectivity index (χ3n) is 3.24. The smallest absolute Gasteiger partial charge is 0.256 e. The van der Waals surface area contributed by atoms with Crippen LogP contribution in [0, 0.1) is 0 Å². The van der Waals surface area contributed by atoms with Crippen LogP contribution in [0.4, 0.5) is 0 Å². The molecule has 0 aromatic carbocycles. The van der Waals surface area contributed by atoms with E-state index in [1.165, 1.54) is 0 Å². The van der Waals surface area contributed by atoms with Gasteiger partial charge in [0.2, 0.25) is 5.88 Å². The van der Waals surface area contributed by atoms with Crippen molar-refractivity contribution >= 4 is 5.91 Å². The summed E-state index contributed by atoms with van der Waals surface area (Å²) in [6.07, 6.45) is 3.40. The summed E-state index contributed by atoms with van der Waals surface area (Å²) >= 11 is 0. The molecular weight excluding hydrogens is 254 g/mol. The second-order valence-corrected chi connectivity index (χ2v) is 4.56. The lowest BCUT2D eigenvalue weighted by molar-refractivity contribution is 0.0764. The molecule has 5 heteroatoms. The molecule has 0 atom stereocenters. The number of hydrogen-bond acceptors (Lipinski definition) is 4. The van der Waals surface area contributed by atoms with Gasteiger partial charge in [0.1, 0.15) is 0 Å². The van der Waals surface area contributed by atoms with Crippen LogP contribution in [0.2, 0.25) is 0 Å². The average molecular weight is 269 g/mol. The predicted molar refractivity (Wildman–Crippen MR) is 73.2 cm³/mol. The highest BCUT2D eigenvalue weighted by molar-refractivity contribution is 5.97. The van der Waals surface area contributed by atoms with Gasteiger partial charge in [0.15, 0.2) is 0 Å². The molecule has 3 heterocycles. The lowest BCUT2D eigenvalue weighted by atomic mass is 10.2. The average Bonchev–Trinajstić information content (AvgIpc) is 2.79. The van der Waals surface area contributed by atoms with Crippen LogP contribution in [0.1, 0.15) is 28.5 Å². The van der Waals surface area contributed by atoms with E-state index in [-0.39, 0.29) is 5.91 Å². The highest BCUT2D eigenvalue weighted by Gasteiger charge is 2.28. The topological polar surface area (TPSA) is 55.3 Å². The van der Waals surface area contributed by atoms with Crippen molar-refractivity contribution in [2.75, 3.05) is 6.61 Å². The van der Waals surface area contributed by atoms with Crippen LogP contribution in [0.5, 0.6) is 5.88 Å². The first-order chi connectivity index (χ1) is 9.79. The third kappa shape index (κ3) is 2.22. The van der Waals surface area contributed by atoms with Gasteiger partial charge in [0, 0.05) is 18.0 Å². The van der Waals surface area contributed by atoms with E-state index < -0.39 is 0 Å². The Morgan fingerprint density at radius 1 is 1.25 bits per heavy atom. The molecule has 2 aromatic rings. The number of ether oxygens (including phenoxy) is 1. The van der Waals surface area contributed by atoms with Crippen molar-refractivity contribution in [3.8, 4) is 5.88 Å². The lowest BCUT2D eigenvalue weighted by Gasteiger charge is -2.17. The Morgan fingerprint density at radius 2 is 2.05 bits per heavy atom. The molecule has 0 spiro atoms. The summed E-state index contributed by atoms with van der Waals surface area (Å²) in [6.45, 7) is 3.49. The zero-order valence-corrected chi connectivity index (χ0v) is 11.2. The number of rotatable bonds is 4. The van der Waals surface area contributed by atoms with Crippen molar-refractivity contribution in [3.05, 3.63) is 53.5 Å². The molecule has 3 rings (SSSR count). The van der Waals surface area contributed by atoms with Crippen molar-refractivity contribution in [3.63, 3.8) is 0 Å². The largest absolute Gasteiger partial charge is 0.478 e. The van der Waals surface area contributed by atoms with Gasteiger partial charge in [0.25, 0.3) is 5.91 Å². The second-order valence-electron chi connectivity index (χ2n) is 4.56. The van der Waals surface area contributed by atoms with Crippen molar-refractivity contribution in [1.29, 1.82) is 0 Å². The van der Waals surface area contributed by atoms with Crippen LogP contribution in [-0.4, -0.2) is 27.4 Å². The molecule has 1 aliphatic rings. The molecule has 0 fully saturated rings. The summed E-state index contributed by atoms with van der Waals surface area (Å²) in [5.41, 5.74) is 2.43. The second kappa shape index (κ2) is 5.28. The molecule has 0 radical (unpaired) electrons. The van der Waals surface area contributed by atoms with Gasteiger partial charge >= 0.3 is 0 Å². The van der Waals surface area contributed by atoms with Crippen LogP contribution in [-0.2, 0) is 13.1 Å². The number of aromatic nitrogens is 2. The SMILES string of the molecule is CCOc1ncccc1CN1Cc2ncccc2C1=O. The molecule has 0 aliphatic carbocycles. The number of carbonyl (C=O) groups is 1. The molecule has 5 nitrogen and oxygen atoms in total. The molecular formula is C15H15N3O2. The Morgan fingerprint density at radius 3 is 2.85 bits per heavy atom. The number of amides is 1. The van der Waals surface area contributed by atoms with Gasteiger partial charge in [-0.3, -0.25) is 9.78 Å². The van der Waals surface area contributed by atoms with Crippen LogP contribution in [0.25, 0.3) is 0 Å². The maximum atomic E-state index is 12.3. The van der Waals surface area contributed by atoms with E-state index in [0.29, 0.717) is 31.1 Å². The van der Waals surface area contributed by atoms with E-state index in [1.54, 1.807) is 23.4 Å². The molecule has 0 bridgehead atoms. The van der Waals surface area contributed by atoms with E-state index in [0.717, 1.165) is 11.3 Å². The van der Waals surface area contributed by atoms with Gasteiger partial charge < -0.3 is 9.64 Å². The molecule has 0 saturated carbocycles. The Hall–Kier alpha value is -2.43. The number of hydrogen-bond donors (Lipinski definition) is 0. The first-order valence-corrected chi connectivity index (χ1v) is 6.59. The van der Waals surface area contributed by atoms with Gasteiger partial charge in [-0.05, 0) is 25.1 Å². The fraction of sp³-hybridized carbons (Fsp3) is 0.267. The van der Waals surface area contributed by atoms with E-state index in [1.807, 2.05) is 25.1 Å². The normalized spacial score (nSPS) is 13.4. The number of pyridine rings is 2. The zero-order chi connectivity index (χ0) is 13.9. The van der Waals surface area contributed by atoms with E-state index in [9.17, 15) is 4.79 Å². The van der Waals surface area contributed by atoms with E-state index >= 15 is 0 Å². The van der Waals surface area contributed by atoms with Crippen LogP contribution in [0.15, 0.2) is 36.7 Å². The zero-order valence-electron chi connectivity index (χ0n) is 11.2. The van der Waals surface area contributed by atoms with Gasteiger partial charge in [-0.25, -0.2) is 4.98 Å². The fourth-order valence-electron chi connectivity index (χ4n) is 2.33. The summed E-state index contributed by atoms with van der Waals surface area (Å²) < 4.78 is 5.49. The van der Waals surface area contributed by atoms with Gasteiger partial charge in [-0.1, -0.05) is 6.07 Å². The summed E-state index contributed by atoms with van der Waals surface area (Å²) in [5.74, 6) is 0.603. The molecule has 20 heavy (non-hydrogen) atoms. The number of carbonyl (C=O) groups excluding carboxylic acids is 1. The summed E-state index contributed by atoms with van der Waals surface area (Å²) in [5, 5.41) is 0. The van der Waals surface area contributed by atoms with Crippen LogP contribution >= 0.6 is 0 Å². The number of nitrogens with zero attached hydrogens (tertiary/aromatic N) is 3. The molecule has 1 amide bonds. The van der Waals surface area contributed by atoms with Crippen molar-refractivity contribution in [2.45, 2.75) is 20.0 Å². The van der Waals surface area contributed by atoms with Crippen molar-refractivity contribution < 1.29 is 9.53 Å². The van der Waals surface area contributed by atoms with Crippen LogP contribution < -0.4 is 4.74 Å². The maximum absolute atomic E-state index is 12.3. The monoisotopic (exact) mass is 269 g/mol. The molecule has 0 unspecified atom stereocenters. The van der Waals surface area contributed by atoms with Gasteiger partial charge in [0.05, 0.1) is 31.0 Å². The molecule has 0 N–H and O–H groups in total. The molecule has 1 aliphatic heterocycles. The minimum absolute atomic E-state index is 0.0133. The molecule has 2 aromatic heterocycles. The van der Waals surface area contributed by atoms with Crippen LogP contribution in [0.3, 0.4) is 0 Å². The van der Waals surface area contributed by atoms with Crippen molar-refractivity contribution in [2.24, 2.45) is 0 Å². The predicted octanol–water partition coefficient (Wildman–Crippen LogP) is 2.03. The Labute approximate surface area is 117 Å². The maximum Gasteiger partial charge on any atom is 0.256 e. The van der Waals surface area contributed by atoms with Gasteiger partial charge in [-0.15, -0.1) is 0 Å². The molecule has 102 valence electrons. The summed E-state index contributed by atoms with van der Waals surface area (Å²) in [6, 6.07) is 7.39. The van der Waals surface area contributed by atoms with Crippen molar-refractivity contribution in [1.82, 2.24) is 14.9 Å². The standard InChI is InChI=1S/C15H15N3O2/c1-2-20-14-11(5-3-8-17-14)9-18-10-13-12(15(18)19)6-4-7-16-13/h3-8H,2,9-10H2,1H3. The minimum atomic E-state index is 0.0133. The summed E-state index contributed by atoms with van der Waals surface area (Å²) in [7, 11) is 0. The first kappa shape index (κ1) is 12.6. The summed E-state index contributed by atoms with van der Waals surface area (Å²) in [4.78, 5) is 22.5. The first-order valence-electron chi connectivity index (χ1n) is 6.59. The van der Waals surface area contributed by atoms with E-state index in [2.05, 4.69) is 9.97 Å². The van der Waals surface area contributed by atoms with Gasteiger partial charge in [-0.2, -0.15) is 0 Å². The highest BCUT2D eigenvalue weighted by atomic mass is 16.5. The quantitative estimate of drug-likeness (QED) is 0.852. The lowest BCUT2D eigenvalue weighted by Crippen LogP contribution is -2.23. The highest BCUT2D eigenvalue weighted by Crippen LogP contribution is 2.24. The Bertz CT molecular complexity index is 643. The third-order valence-corrected chi connectivity index (χ3v) is 3.24. The number of fused-ring (bicyclic) bond motifs is 1. The van der Waals surface area contributed by atoms with E-state index in [4.69, 9.17) is 4.74 Å². The fourth-order valence-corrected chi connectivity index (χ4v) is 2.33.